The molecule has 3 aromatic heterocycles. The molecular formula is C52H50IrN4Si-2. The van der Waals surface area contributed by atoms with Gasteiger partial charge in [0.15, 0.2) is 0 Å². The quantitative estimate of drug-likeness (QED) is 0.118. The van der Waals surface area contributed by atoms with Gasteiger partial charge in [-0.2, -0.15) is 0 Å². The number of nitrogens with zero attached hydrogens (tertiary/aromatic N) is 4. The number of benzene rings is 6. The van der Waals surface area contributed by atoms with Gasteiger partial charge in [0.1, 0.15) is 0 Å². The zero-order valence-electron chi connectivity index (χ0n) is 39.0. The van der Waals surface area contributed by atoms with E-state index in [9.17, 15) is 0 Å². The molecule has 58 heavy (non-hydrogen) atoms. The van der Waals surface area contributed by atoms with Gasteiger partial charge in [-0.15, -0.1) is 59.1 Å². The minimum atomic E-state index is -2.47. The van der Waals surface area contributed by atoms with Gasteiger partial charge in [-0.25, -0.2) is 0 Å². The number of aromatic nitrogens is 4. The third kappa shape index (κ3) is 7.89. The molecule has 9 rings (SSSR count). The van der Waals surface area contributed by atoms with E-state index in [0.717, 1.165) is 33.6 Å². The van der Waals surface area contributed by atoms with E-state index in [1.807, 2.05) is 18.3 Å². The summed E-state index contributed by atoms with van der Waals surface area (Å²) in [6.45, 7) is 13.3. The summed E-state index contributed by atoms with van der Waals surface area (Å²) in [4.78, 5) is 9.62. The van der Waals surface area contributed by atoms with E-state index in [2.05, 4.69) is 183 Å². The fraction of sp³-hybridized carbons (Fsp3) is 0.192. The van der Waals surface area contributed by atoms with Crippen LogP contribution in [0.1, 0.15) is 63.1 Å². The summed E-state index contributed by atoms with van der Waals surface area (Å²) in [5.41, 5.74) is 11.3. The summed E-state index contributed by atoms with van der Waals surface area (Å²) < 4.78 is 42.6. The molecule has 293 valence electrons. The predicted molar refractivity (Wildman–Crippen MR) is 244 cm³/mol. The van der Waals surface area contributed by atoms with E-state index >= 15 is 0 Å². The second kappa shape index (κ2) is 16.8. The van der Waals surface area contributed by atoms with Crippen molar-refractivity contribution in [3.05, 3.63) is 174 Å². The monoisotopic (exact) mass is 956 g/mol. The van der Waals surface area contributed by atoms with Crippen LogP contribution in [-0.4, -0.2) is 27.2 Å². The van der Waals surface area contributed by atoms with E-state index in [1.165, 1.54) is 44.4 Å². The van der Waals surface area contributed by atoms with Gasteiger partial charge < -0.3 is 14.1 Å². The zero-order valence-corrected chi connectivity index (χ0v) is 37.4. The van der Waals surface area contributed by atoms with Crippen molar-refractivity contribution >= 4 is 46.1 Å². The van der Waals surface area contributed by atoms with Gasteiger partial charge >= 0.3 is 0 Å². The van der Waals surface area contributed by atoms with Crippen molar-refractivity contribution in [1.29, 1.82) is 0 Å². The summed E-state index contributed by atoms with van der Waals surface area (Å²) in [7, 11) is -1.43. The smallest absolute Gasteiger partial charge is 0.0795 e. The van der Waals surface area contributed by atoms with Crippen LogP contribution in [0.15, 0.2) is 146 Å². The van der Waals surface area contributed by atoms with Crippen molar-refractivity contribution in [2.75, 3.05) is 0 Å². The molecule has 6 heteroatoms. The molecule has 0 N–H and O–H groups in total. The van der Waals surface area contributed by atoms with Gasteiger partial charge in [0.2, 0.25) is 0 Å². The van der Waals surface area contributed by atoms with Crippen LogP contribution in [-0.2, 0) is 20.1 Å². The van der Waals surface area contributed by atoms with Gasteiger partial charge in [0.05, 0.1) is 24.9 Å². The summed E-state index contributed by atoms with van der Waals surface area (Å²) in [6.07, 6.45) is 1.82. The molecule has 0 aliphatic heterocycles. The van der Waals surface area contributed by atoms with Gasteiger partial charge in [-0.3, -0.25) is 4.98 Å². The molecule has 0 atom stereocenters. The molecule has 9 aromatic rings. The molecule has 0 aliphatic carbocycles. The summed E-state index contributed by atoms with van der Waals surface area (Å²) in [6, 6.07) is 50.1. The topological polar surface area (TPSA) is 35.6 Å². The summed E-state index contributed by atoms with van der Waals surface area (Å²) in [5, 5.41) is 3.64. The van der Waals surface area contributed by atoms with E-state index in [1.54, 1.807) is 0 Å². The Balaban J connectivity index is 0.000000221. The Kier molecular flexibility index (Phi) is 10.1. The van der Waals surface area contributed by atoms with Crippen LogP contribution in [0.5, 0.6) is 0 Å². The maximum Gasteiger partial charge on any atom is 0.0795 e. The van der Waals surface area contributed by atoms with E-state index in [-0.39, 0.29) is 37.8 Å². The first-order valence-electron chi connectivity index (χ1n) is 22.1. The third-order valence-electron chi connectivity index (χ3n) is 10.6. The van der Waals surface area contributed by atoms with Crippen molar-refractivity contribution in [3.63, 3.8) is 0 Å². The third-order valence-corrected chi connectivity index (χ3v) is 12.6. The minimum Gasteiger partial charge on any atom is -0.351 e. The molecule has 0 aliphatic rings. The SMILES string of the molecule is CC(C)c1cccc(C(C)C)c1-n1c(-c2[c-]cc3c(c2)c2ccccc2n3-c2ccccc2)nc2ccccc21.[2H]c1[c-]c(-c2ccc([Si](C)(C)C)cn2)cc([2H])c1C([2H])([2H])[2H].[Ir]. The van der Waals surface area contributed by atoms with Crippen molar-refractivity contribution in [3.8, 4) is 34.0 Å². The fourth-order valence-electron chi connectivity index (χ4n) is 7.58. The van der Waals surface area contributed by atoms with Gasteiger partial charge in [-0.1, -0.05) is 138 Å². The number of pyridine rings is 1. The molecule has 0 bridgehead atoms. The predicted octanol–water partition coefficient (Wildman–Crippen LogP) is 13.2. The second-order valence-corrected chi connectivity index (χ2v) is 21.3. The maximum atomic E-state index is 7.88. The number of imidazole rings is 1. The molecule has 6 aromatic carbocycles. The number of rotatable bonds is 7. The van der Waals surface area contributed by atoms with E-state index in [0.29, 0.717) is 23.1 Å². The van der Waals surface area contributed by atoms with Crippen LogP contribution in [0.25, 0.3) is 66.9 Å². The molecule has 0 saturated carbocycles. The molecular weight excluding hydrogens is 901 g/mol. The Morgan fingerprint density at radius 1 is 0.672 bits per heavy atom. The van der Waals surface area contributed by atoms with Gasteiger partial charge in [-0.05, 0) is 75.1 Å². The van der Waals surface area contributed by atoms with Gasteiger partial charge in [0, 0.05) is 50.0 Å². The molecule has 0 amide bonds. The molecule has 1 radical (unpaired) electrons. The zero-order chi connectivity index (χ0) is 44.1. The molecule has 0 spiro atoms. The fourth-order valence-corrected chi connectivity index (χ4v) is 8.61. The second-order valence-electron chi connectivity index (χ2n) is 16.2. The molecule has 3 heterocycles. The molecule has 0 saturated heterocycles. The van der Waals surface area contributed by atoms with Crippen LogP contribution in [0.3, 0.4) is 0 Å². The average Bonchev–Trinajstić information content (AvgIpc) is 3.79. The number of para-hydroxylation sites is 5. The van der Waals surface area contributed by atoms with Crippen molar-refractivity contribution in [2.45, 2.75) is 66.0 Å². The summed E-state index contributed by atoms with van der Waals surface area (Å²) >= 11 is 0. The van der Waals surface area contributed by atoms with Crippen LogP contribution in [0.2, 0.25) is 19.6 Å². The van der Waals surface area contributed by atoms with Crippen LogP contribution in [0.4, 0.5) is 0 Å². The standard InChI is InChI=1S/C37H32N3.C15H18NSi.Ir/c1-24(2)28-16-12-17-29(25(3)4)36(28)40-35-20-11-9-18-32(35)38-37(40)26-21-22-34-31(23-26)30-15-8-10-19-33(30)39(34)27-13-6-5-7-14-27;1-12-5-7-13(8-6-12)15-10-9-14(11-16-15)17(2,3)4;/h5-20,22-25H,1-4H3;5-7,9-11H,1-4H3;/q2*-1;/i;1D3,5D,6D;. The van der Waals surface area contributed by atoms with Gasteiger partial charge in [0.25, 0.3) is 0 Å². The maximum absolute atomic E-state index is 7.88. The first kappa shape index (κ1) is 34.6. The van der Waals surface area contributed by atoms with Crippen LogP contribution >= 0.6 is 0 Å². The summed E-state index contributed by atoms with van der Waals surface area (Å²) in [5.74, 6) is 1.67. The Labute approximate surface area is 365 Å². The van der Waals surface area contributed by atoms with Crippen molar-refractivity contribution in [2.24, 2.45) is 0 Å². The Hall–Kier alpha value is -5.39. The van der Waals surface area contributed by atoms with E-state index in [4.69, 9.17) is 11.8 Å². The normalized spacial score (nSPS) is 13.1. The van der Waals surface area contributed by atoms with Crippen LogP contribution in [0, 0.1) is 19.0 Å². The van der Waals surface area contributed by atoms with E-state index < -0.39 is 14.9 Å². The first-order valence-corrected chi connectivity index (χ1v) is 23.1. The number of hydrogen-bond donors (Lipinski definition) is 0. The first-order chi connectivity index (χ1) is 29.5. The molecule has 0 unspecified atom stereocenters. The van der Waals surface area contributed by atoms with Crippen molar-refractivity contribution < 1.29 is 27.0 Å². The largest absolute Gasteiger partial charge is 0.351 e. The number of fused-ring (bicyclic) bond motifs is 4. The average molecular weight is 956 g/mol. The molecule has 4 nitrogen and oxygen atoms in total. The van der Waals surface area contributed by atoms with Crippen LogP contribution < -0.4 is 5.19 Å². The molecule has 0 fully saturated rings. The Bertz CT molecular complexity index is 3020. The Morgan fingerprint density at radius 3 is 2.02 bits per heavy atom. The Morgan fingerprint density at radius 2 is 1.36 bits per heavy atom. The number of hydrogen-bond acceptors (Lipinski definition) is 2. The minimum absolute atomic E-state index is 0. The van der Waals surface area contributed by atoms with Crippen molar-refractivity contribution in [1.82, 2.24) is 19.1 Å².